The van der Waals surface area contributed by atoms with Crippen molar-refractivity contribution in [2.45, 2.75) is 25.1 Å². The van der Waals surface area contributed by atoms with Crippen molar-refractivity contribution in [3.8, 4) is 11.5 Å². The molecule has 2 atom stereocenters. The summed E-state index contributed by atoms with van der Waals surface area (Å²) in [6.07, 6.45) is -2.99. The summed E-state index contributed by atoms with van der Waals surface area (Å²) in [6.45, 7) is 0.0581. The van der Waals surface area contributed by atoms with Gasteiger partial charge >= 0.3 is 6.43 Å². The molecule has 4 aromatic rings. The maximum atomic E-state index is 13.9. The van der Waals surface area contributed by atoms with E-state index < -0.39 is 42.0 Å². The number of aliphatic hydroxyl groups excluding tert-OH is 1. The van der Waals surface area contributed by atoms with Gasteiger partial charge in [0, 0.05) is 23.9 Å². The molecule has 1 N–H and O–H groups in total. The van der Waals surface area contributed by atoms with Crippen LogP contribution in [-0.2, 0) is 6.54 Å². The number of aliphatic hydroxyl groups is 1. The second-order valence-corrected chi connectivity index (χ2v) is 7.76. The van der Waals surface area contributed by atoms with Crippen molar-refractivity contribution in [2.75, 3.05) is 0 Å². The number of fused-ring (bicyclic) bond motifs is 1. The minimum Gasteiger partial charge on any atom is -0.415 e. The normalized spacial score (nSPS) is 14.9. The minimum absolute atomic E-state index is 0.0365. The van der Waals surface area contributed by atoms with Crippen LogP contribution in [0, 0.1) is 11.6 Å². The molecule has 1 aliphatic heterocycles. The summed E-state index contributed by atoms with van der Waals surface area (Å²) in [5.74, 6) is -3.76. The number of amides is 1. The molecule has 5 rings (SSSR count). The Morgan fingerprint density at radius 1 is 1.00 bits per heavy atom. The van der Waals surface area contributed by atoms with Gasteiger partial charge < -0.3 is 14.4 Å². The number of hydrogen-bond donors (Lipinski definition) is 1. The zero-order valence-corrected chi connectivity index (χ0v) is 17.6. The smallest absolute Gasteiger partial charge is 0.314 e. The van der Waals surface area contributed by atoms with Crippen LogP contribution in [0.15, 0.2) is 59.1 Å². The van der Waals surface area contributed by atoms with E-state index in [9.17, 15) is 27.5 Å². The first-order chi connectivity index (χ1) is 16.8. The van der Waals surface area contributed by atoms with Crippen LogP contribution >= 0.6 is 0 Å². The monoisotopic (exact) mass is 485 g/mol. The first kappa shape index (κ1) is 22.6. The molecule has 0 saturated heterocycles. The average molecular weight is 485 g/mol. The van der Waals surface area contributed by atoms with E-state index in [1.165, 1.54) is 23.2 Å². The van der Waals surface area contributed by atoms with E-state index in [4.69, 9.17) is 4.42 Å². The van der Waals surface area contributed by atoms with Crippen molar-refractivity contribution >= 4 is 5.91 Å². The summed E-state index contributed by atoms with van der Waals surface area (Å²) >= 11 is 0. The second kappa shape index (κ2) is 8.87. The number of alkyl halides is 2. The van der Waals surface area contributed by atoms with E-state index in [1.807, 2.05) is 0 Å². The third kappa shape index (κ3) is 4.12. The fraction of sp³-hybridized carbons (Fsp3) is 0.174. The largest absolute Gasteiger partial charge is 0.415 e. The molecule has 1 amide bonds. The number of carbonyl (C=O) groups excluding carboxylic acids is 1. The molecule has 0 saturated carbocycles. The summed E-state index contributed by atoms with van der Waals surface area (Å²) in [5.41, 5.74) is 1.33. The highest BCUT2D eigenvalue weighted by molar-refractivity contribution is 5.99. The first-order valence-electron chi connectivity index (χ1n) is 10.3. The van der Waals surface area contributed by atoms with Crippen LogP contribution in [0.25, 0.3) is 11.5 Å². The lowest BCUT2D eigenvalue weighted by atomic mass is 9.97. The van der Waals surface area contributed by atoms with Crippen molar-refractivity contribution < 1.29 is 31.9 Å². The predicted molar refractivity (Wildman–Crippen MR) is 111 cm³/mol. The molecule has 178 valence electrons. The topological polar surface area (TPSA) is 105 Å². The summed E-state index contributed by atoms with van der Waals surface area (Å²) in [7, 11) is 0. The Labute approximate surface area is 194 Å². The molecule has 35 heavy (non-hydrogen) atoms. The van der Waals surface area contributed by atoms with Gasteiger partial charge in [-0.2, -0.15) is 19.0 Å². The van der Waals surface area contributed by atoms with E-state index in [1.54, 1.807) is 24.3 Å². The zero-order valence-electron chi connectivity index (χ0n) is 17.6. The Bertz CT molecular complexity index is 1400. The van der Waals surface area contributed by atoms with Crippen molar-refractivity contribution in [3.63, 3.8) is 0 Å². The van der Waals surface area contributed by atoms with Crippen molar-refractivity contribution in [3.05, 3.63) is 94.6 Å². The van der Waals surface area contributed by atoms with E-state index >= 15 is 0 Å². The number of nitrogens with zero attached hydrogens (tertiary/aromatic N) is 5. The fourth-order valence-corrected chi connectivity index (χ4v) is 3.96. The van der Waals surface area contributed by atoms with E-state index in [-0.39, 0.29) is 34.8 Å². The van der Waals surface area contributed by atoms with Gasteiger partial charge in [0.05, 0.1) is 5.69 Å². The van der Waals surface area contributed by atoms with Crippen LogP contribution in [0.2, 0.25) is 0 Å². The number of benzene rings is 2. The number of hydrogen-bond acceptors (Lipinski definition) is 7. The molecule has 0 bridgehead atoms. The Kier molecular flexibility index (Phi) is 5.73. The maximum Gasteiger partial charge on any atom is 0.314 e. The number of aromatic nitrogens is 4. The molecule has 2 aromatic heterocycles. The SMILES string of the molecule is O=C1c2cc(-c3nnc(C(F)F)o3)ccc2CN1C(c1cccnn1)C(O)c1ccc(F)c(F)c1. The van der Waals surface area contributed by atoms with Crippen LogP contribution in [0.5, 0.6) is 0 Å². The summed E-state index contributed by atoms with van der Waals surface area (Å²) in [4.78, 5) is 14.7. The minimum atomic E-state index is -2.94. The van der Waals surface area contributed by atoms with E-state index in [0.717, 1.165) is 12.1 Å². The maximum absolute atomic E-state index is 13.9. The van der Waals surface area contributed by atoms with E-state index in [2.05, 4.69) is 20.4 Å². The molecular weight excluding hydrogens is 470 g/mol. The van der Waals surface area contributed by atoms with Crippen LogP contribution in [0.3, 0.4) is 0 Å². The highest BCUT2D eigenvalue weighted by atomic mass is 19.3. The molecule has 8 nitrogen and oxygen atoms in total. The van der Waals surface area contributed by atoms with Gasteiger partial charge in [0.2, 0.25) is 5.89 Å². The lowest BCUT2D eigenvalue weighted by Crippen LogP contribution is -2.34. The molecule has 12 heteroatoms. The molecule has 2 aromatic carbocycles. The van der Waals surface area contributed by atoms with Gasteiger partial charge in [-0.3, -0.25) is 4.79 Å². The molecule has 3 heterocycles. The van der Waals surface area contributed by atoms with Crippen molar-refractivity contribution in [1.82, 2.24) is 25.3 Å². The molecule has 0 radical (unpaired) electrons. The highest BCUT2D eigenvalue weighted by Gasteiger charge is 2.39. The van der Waals surface area contributed by atoms with Gasteiger partial charge in [0.15, 0.2) is 11.6 Å². The third-order valence-electron chi connectivity index (χ3n) is 5.63. The number of rotatable bonds is 6. The summed E-state index contributed by atoms with van der Waals surface area (Å²) < 4.78 is 57.9. The van der Waals surface area contributed by atoms with Crippen molar-refractivity contribution in [1.29, 1.82) is 0 Å². The molecule has 1 aliphatic rings. The zero-order chi connectivity index (χ0) is 24.7. The average Bonchev–Trinajstić information content (AvgIpc) is 3.47. The predicted octanol–water partition coefficient (Wildman–Crippen LogP) is 4.17. The Morgan fingerprint density at radius 2 is 1.83 bits per heavy atom. The van der Waals surface area contributed by atoms with Crippen LogP contribution in [-0.4, -0.2) is 36.3 Å². The van der Waals surface area contributed by atoms with Crippen LogP contribution < -0.4 is 0 Å². The second-order valence-electron chi connectivity index (χ2n) is 7.76. The quantitative estimate of drug-likeness (QED) is 0.409. The molecule has 0 spiro atoms. The fourth-order valence-electron chi connectivity index (χ4n) is 3.96. The molecule has 2 unspecified atom stereocenters. The highest BCUT2D eigenvalue weighted by Crippen LogP contribution is 2.39. The van der Waals surface area contributed by atoms with Gasteiger partial charge in [-0.1, -0.05) is 12.1 Å². The Morgan fingerprint density at radius 3 is 2.51 bits per heavy atom. The van der Waals surface area contributed by atoms with Gasteiger partial charge in [0.25, 0.3) is 11.8 Å². The summed E-state index contributed by atoms with van der Waals surface area (Å²) in [5, 5.41) is 25.8. The number of halogens is 4. The van der Waals surface area contributed by atoms with Gasteiger partial charge in [-0.05, 0) is 47.5 Å². The lowest BCUT2D eigenvalue weighted by molar-refractivity contribution is 0.0343. The lowest BCUT2D eigenvalue weighted by Gasteiger charge is -2.31. The Hall–Kier alpha value is -4.19. The Balaban J connectivity index is 1.51. The van der Waals surface area contributed by atoms with Gasteiger partial charge in [-0.25, -0.2) is 8.78 Å². The standard InChI is InChI=1S/C23H15F4N5O3/c24-15-6-5-11(9-16(15)25)19(33)18(17-2-1-7-28-29-17)32-10-13-4-3-12(8-14(13)23(32)34)21-30-31-22(35-21)20(26)27/h1-9,18-20,33H,10H2. The molecule has 0 fully saturated rings. The molecular formula is C23H15F4N5O3. The van der Waals surface area contributed by atoms with Crippen molar-refractivity contribution in [2.24, 2.45) is 0 Å². The number of carbonyl (C=O) groups is 1. The van der Waals surface area contributed by atoms with Gasteiger partial charge in [0.1, 0.15) is 12.1 Å². The van der Waals surface area contributed by atoms with Crippen LogP contribution in [0.1, 0.15) is 51.6 Å². The van der Waals surface area contributed by atoms with Gasteiger partial charge in [-0.15, -0.1) is 10.2 Å². The summed E-state index contributed by atoms with van der Waals surface area (Å²) in [6, 6.07) is 9.55. The molecule has 0 aliphatic carbocycles. The first-order valence-corrected chi connectivity index (χ1v) is 10.3. The third-order valence-corrected chi connectivity index (χ3v) is 5.63. The van der Waals surface area contributed by atoms with Crippen LogP contribution in [0.4, 0.5) is 17.6 Å². The van der Waals surface area contributed by atoms with E-state index in [0.29, 0.717) is 5.56 Å².